The molecule has 1 aliphatic heterocycles. The highest BCUT2D eigenvalue weighted by Gasteiger charge is 2.23. The van der Waals surface area contributed by atoms with Crippen LogP contribution in [-0.4, -0.2) is 30.9 Å². The summed E-state index contributed by atoms with van der Waals surface area (Å²) in [5.41, 5.74) is 0.591. The van der Waals surface area contributed by atoms with Crippen molar-refractivity contribution in [2.45, 2.75) is 12.8 Å². The maximum atomic E-state index is 12.1. The summed E-state index contributed by atoms with van der Waals surface area (Å²) in [6, 6.07) is 5.07. The fourth-order valence-corrected chi connectivity index (χ4v) is 2.44. The number of hydrogen-bond donors (Lipinski definition) is 1. The van der Waals surface area contributed by atoms with E-state index in [0.717, 1.165) is 25.9 Å². The first-order valence-electron chi connectivity index (χ1n) is 6.00. The van der Waals surface area contributed by atoms with Crippen molar-refractivity contribution in [3.8, 4) is 0 Å². The van der Waals surface area contributed by atoms with E-state index in [-0.39, 0.29) is 11.8 Å². The highest BCUT2D eigenvalue weighted by Crippen LogP contribution is 2.27. The molecule has 1 aromatic rings. The molecular formula is C13H16Cl2N2O. The molecule has 0 unspecified atom stereocenters. The normalized spacial score (nSPS) is 17.7. The molecule has 0 atom stereocenters. The van der Waals surface area contributed by atoms with Gasteiger partial charge in [-0.05, 0) is 51.2 Å². The number of piperidine rings is 1. The second kappa shape index (κ2) is 5.91. The van der Waals surface area contributed by atoms with E-state index in [2.05, 4.69) is 17.3 Å². The number of nitrogens with zero attached hydrogens (tertiary/aromatic N) is 1. The fourth-order valence-electron chi connectivity index (χ4n) is 2.10. The predicted molar refractivity (Wildman–Crippen MR) is 75.3 cm³/mol. The van der Waals surface area contributed by atoms with Crippen LogP contribution in [0.5, 0.6) is 0 Å². The van der Waals surface area contributed by atoms with E-state index >= 15 is 0 Å². The van der Waals surface area contributed by atoms with Crippen LogP contribution in [0.3, 0.4) is 0 Å². The lowest BCUT2D eigenvalue weighted by molar-refractivity contribution is -0.121. The predicted octanol–water partition coefficient (Wildman–Crippen LogP) is 3.27. The van der Waals surface area contributed by atoms with Gasteiger partial charge in [0.25, 0.3) is 0 Å². The molecule has 0 saturated carbocycles. The molecule has 1 aromatic carbocycles. The van der Waals surface area contributed by atoms with Crippen molar-refractivity contribution < 1.29 is 4.79 Å². The van der Waals surface area contributed by atoms with Gasteiger partial charge in [-0.15, -0.1) is 0 Å². The molecule has 2 rings (SSSR count). The molecule has 0 bridgehead atoms. The number of nitrogens with one attached hydrogen (secondary N) is 1. The molecule has 1 saturated heterocycles. The molecule has 5 heteroatoms. The summed E-state index contributed by atoms with van der Waals surface area (Å²) < 4.78 is 0. The molecule has 1 aliphatic rings. The number of rotatable bonds is 2. The van der Waals surface area contributed by atoms with Gasteiger partial charge in [-0.2, -0.15) is 0 Å². The first-order valence-corrected chi connectivity index (χ1v) is 6.76. The van der Waals surface area contributed by atoms with Crippen molar-refractivity contribution in [3.05, 3.63) is 28.2 Å². The van der Waals surface area contributed by atoms with Crippen molar-refractivity contribution in [3.63, 3.8) is 0 Å². The molecule has 0 aromatic heterocycles. The van der Waals surface area contributed by atoms with Gasteiger partial charge in [0.2, 0.25) is 5.91 Å². The Hall–Kier alpha value is -0.770. The zero-order valence-corrected chi connectivity index (χ0v) is 11.8. The topological polar surface area (TPSA) is 32.3 Å². The Morgan fingerprint density at radius 2 is 2.00 bits per heavy atom. The van der Waals surface area contributed by atoms with Crippen LogP contribution in [-0.2, 0) is 4.79 Å². The lowest BCUT2D eigenvalue weighted by Crippen LogP contribution is -2.35. The SMILES string of the molecule is CN1CCC(C(=O)Nc2cc(Cl)ccc2Cl)CC1. The van der Waals surface area contributed by atoms with E-state index in [9.17, 15) is 4.79 Å². The lowest BCUT2D eigenvalue weighted by atomic mass is 9.96. The van der Waals surface area contributed by atoms with Crippen molar-refractivity contribution in [2.75, 3.05) is 25.5 Å². The summed E-state index contributed by atoms with van der Waals surface area (Å²) in [6.07, 6.45) is 1.78. The Kier molecular flexibility index (Phi) is 4.49. The Morgan fingerprint density at radius 1 is 1.33 bits per heavy atom. The second-order valence-electron chi connectivity index (χ2n) is 4.69. The molecule has 0 radical (unpaired) electrons. The number of benzene rings is 1. The van der Waals surface area contributed by atoms with Crippen LogP contribution in [0.1, 0.15) is 12.8 Å². The Bertz CT molecular complexity index is 443. The summed E-state index contributed by atoms with van der Waals surface area (Å²) in [5, 5.41) is 3.94. The summed E-state index contributed by atoms with van der Waals surface area (Å²) in [7, 11) is 2.07. The molecule has 18 heavy (non-hydrogen) atoms. The van der Waals surface area contributed by atoms with Gasteiger partial charge in [-0.25, -0.2) is 0 Å². The van der Waals surface area contributed by atoms with Gasteiger partial charge in [0.1, 0.15) is 0 Å². The smallest absolute Gasteiger partial charge is 0.227 e. The van der Waals surface area contributed by atoms with Gasteiger partial charge in [0, 0.05) is 10.9 Å². The summed E-state index contributed by atoms with van der Waals surface area (Å²) >= 11 is 11.9. The quantitative estimate of drug-likeness (QED) is 0.905. The third kappa shape index (κ3) is 3.37. The van der Waals surface area contributed by atoms with E-state index < -0.39 is 0 Å². The van der Waals surface area contributed by atoms with Gasteiger partial charge in [-0.1, -0.05) is 23.2 Å². The number of amides is 1. The Balaban J connectivity index is 2.00. The Morgan fingerprint density at radius 3 is 2.67 bits per heavy atom. The van der Waals surface area contributed by atoms with Crippen molar-refractivity contribution in [1.29, 1.82) is 0 Å². The minimum absolute atomic E-state index is 0.0345. The van der Waals surface area contributed by atoms with Crippen LogP contribution in [0.2, 0.25) is 10.0 Å². The van der Waals surface area contributed by atoms with Gasteiger partial charge in [0.15, 0.2) is 0 Å². The number of likely N-dealkylation sites (tertiary alicyclic amines) is 1. The van der Waals surface area contributed by atoms with E-state index in [1.165, 1.54) is 0 Å². The monoisotopic (exact) mass is 286 g/mol. The average molecular weight is 287 g/mol. The van der Waals surface area contributed by atoms with Crippen molar-refractivity contribution in [1.82, 2.24) is 4.90 Å². The zero-order valence-electron chi connectivity index (χ0n) is 10.2. The standard InChI is InChI=1S/C13H16Cl2N2O/c1-17-6-4-9(5-7-17)13(18)16-12-8-10(14)2-3-11(12)15/h2-3,8-9H,4-7H2,1H3,(H,16,18). The van der Waals surface area contributed by atoms with Gasteiger partial charge in [0.05, 0.1) is 10.7 Å². The van der Waals surface area contributed by atoms with Gasteiger partial charge in [-0.3, -0.25) is 4.79 Å². The largest absolute Gasteiger partial charge is 0.324 e. The Labute approximate surface area is 117 Å². The van der Waals surface area contributed by atoms with Crippen LogP contribution >= 0.6 is 23.2 Å². The summed E-state index contributed by atoms with van der Waals surface area (Å²) in [6.45, 7) is 1.92. The fraction of sp³-hybridized carbons (Fsp3) is 0.462. The van der Waals surface area contributed by atoms with Crippen LogP contribution < -0.4 is 5.32 Å². The highest BCUT2D eigenvalue weighted by atomic mass is 35.5. The van der Waals surface area contributed by atoms with E-state index in [4.69, 9.17) is 23.2 Å². The zero-order chi connectivity index (χ0) is 13.1. The van der Waals surface area contributed by atoms with Crippen LogP contribution in [0.15, 0.2) is 18.2 Å². The molecule has 0 spiro atoms. The molecular weight excluding hydrogens is 271 g/mol. The number of anilines is 1. The van der Waals surface area contributed by atoms with Gasteiger partial charge < -0.3 is 10.2 Å². The van der Waals surface area contributed by atoms with Crippen LogP contribution in [0, 0.1) is 5.92 Å². The van der Waals surface area contributed by atoms with Crippen molar-refractivity contribution >= 4 is 34.8 Å². The first-order chi connectivity index (χ1) is 8.56. The molecule has 1 N–H and O–H groups in total. The summed E-state index contributed by atoms with van der Waals surface area (Å²) in [4.78, 5) is 14.3. The average Bonchev–Trinajstić information content (AvgIpc) is 2.34. The third-order valence-electron chi connectivity index (χ3n) is 3.28. The molecule has 1 heterocycles. The minimum Gasteiger partial charge on any atom is -0.324 e. The van der Waals surface area contributed by atoms with Crippen LogP contribution in [0.4, 0.5) is 5.69 Å². The molecule has 0 aliphatic carbocycles. The van der Waals surface area contributed by atoms with E-state index in [1.54, 1.807) is 18.2 Å². The summed E-state index contributed by atoms with van der Waals surface area (Å²) in [5.74, 6) is 0.100. The van der Waals surface area contributed by atoms with E-state index in [0.29, 0.717) is 15.7 Å². The van der Waals surface area contributed by atoms with E-state index in [1.807, 2.05) is 0 Å². The lowest BCUT2D eigenvalue weighted by Gasteiger charge is -2.28. The molecule has 1 fully saturated rings. The number of carbonyl (C=O) groups excluding carboxylic acids is 1. The van der Waals surface area contributed by atoms with Crippen molar-refractivity contribution in [2.24, 2.45) is 5.92 Å². The second-order valence-corrected chi connectivity index (χ2v) is 5.53. The molecule has 98 valence electrons. The number of halogens is 2. The first kappa shape index (κ1) is 13.7. The third-order valence-corrected chi connectivity index (χ3v) is 3.84. The van der Waals surface area contributed by atoms with Gasteiger partial charge >= 0.3 is 0 Å². The molecule has 3 nitrogen and oxygen atoms in total. The number of carbonyl (C=O) groups is 1. The maximum absolute atomic E-state index is 12.1. The highest BCUT2D eigenvalue weighted by molar-refractivity contribution is 6.35. The number of hydrogen-bond acceptors (Lipinski definition) is 2. The van der Waals surface area contributed by atoms with Crippen LogP contribution in [0.25, 0.3) is 0 Å². The molecule has 1 amide bonds. The minimum atomic E-state index is 0.0345. The maximum Gasteiger partial charge on any atom is 0.227 e.